The van der Waals surface area contributed by atoms with Crippen molar-refractivity contribution in [2.45, 2.75) is 32.9 Å². The fourth-order valence-corrected chi connectivity index (χ4v) is 2.19. The Bertz CT molecular complexity index is 510. The summed E-state index contributed by atoms with van der Waals surface area (Å²) in [5, 5.41) is 4.96. The number of imide groups is 1. The SMILES string of the molecule is Cc1ccc(COCC2(C(C)C)NC(=O)NC2=O)cc1. The van der Waals surface area contributed by atoms with Crippen LogP contribution in [0.25, 0.3) is 0 Å². The monoisotopic (exact) mass is 276 g/mol. The van der Waals surface area contributed by atoms with Gasteiger partial charge in [-0.1, -0.05) is 43.7 Å². The average molecular weight is 276 g/mol. The van der Waals surface area contributed by atoms with Crippen LogP contribution in [0.15, 0.2) is 24.3 Å². The Morgan fingerprint density at radius 2 is 1.85 bits per heavy atom. The summed E-state index contributed by atoms with van der Waals surface area (Å²) < 4.78 is 5.65. The highest BCUT2D eigenvalue weighted by Crippen LogP contribution is 2.22. The van der Waals surface area contributed by atoms with Crippen LogP contribution in [0.5, 0.6) is 0 Å². The first-order chi connectivity index (χ1) is 9.44. The van der Waals surface area contributed by atoms with Gasteiger partial charge in [-0.25, -0.2) is 4.79 Å². The fraction of sp³-hybridized carbons (Fsp3) is 0.467. The summed E-state index contributed by atoms with van der Waals surface area (Å²) in [6.45, 7) is 6.38. The molecule has 1 atom stereocenters. The Kier molecular flexibility index (Phi) is 4.09. The molecule has 0 radical (unpaired) electrons. The molecule has 1 aromatic carbocycles. The summed E-state index contributed by atoms with van der Waals surface area (Å²) in [5.74, 6) is -0.367. The zero-order valence-corrected chi connectivity index (χ0v) is 12.0. The van der Waals surface area contributed by atoms with Crippen LogP contribution in [0.3, 0.4) is 0 Å². The highest BCUT2D eigenvalue weighted by Gasteiger charge is 2.48. The normalized spacial score (nSPS) is 22.0. The lowest BCUT2D eigenvalue weighted by atomic mass is 9.87. The molecular formula is C15H20N2O3. The van der Waals surface area contributed by atoms with Gasteiger partial charge >= 0.3 is 6.03 Å². The van der Waals surface area contributed by atoms with Crippen LogP contribution in [0.1, 0.15) is 25.0 Å². The smallest absolute Gasteiger partial charge is 0.322 e. The van der Waals surface area contributed by atoms with E-state index >= 15 is 0 Å². The van der Waals surface area contributed by atoms with Gasteiger partial charge in [0.15, 0.2) is 0 Å². The summed E-state index contributed by atoms with van der Waals surface area (Å²) in [7, 11) is 0. The third-order valence-corrected chi connectivity index (χ3v) is 3.67. The molecule has 1 fully saturated rings. The van der Waals surface area contributed by atoms with Gasteiger partial charge in [0.2, 0.25) is 0 Å². The maximum absolute atomic E-state index is 12.0. The fourth-order valence-electron chi connectivity index (χ4n) is 2.19. The quantitative estimate of drug-likeness (QED) is 0.805. The van der Waals surface area contributed by atoms with Gasteiger partial charge in [0.1, 0.15) is 5.54 Å². The van der Waals surface area contributed by atoms with Gasteiger partial charge in [-0.2, -0.15) is 0 Å². The van der Waals surface area contributed by atoms with E-state index in [2.05, 4.69) is 10.6 Å². The number of carbonyl (C=O) groups is 2. The summed E-state index contributed by atoms with van der Waals surface area (Å²) in [6.07, 6.45) is 0. The molecule has 2 N–H and O–H groups in total. The summed E-state index contributed by atoms with van der Waals surface area (Å²) in [5.41, 5.74) is 1.26. The number of carbonyl (C=O) groups excluding carboxylic acids is 2. The number of rotatable bonds is 5. The molecule has 3 amide bonds. The van der Waals surface area contributed by atoms with Crippen LogP contribution in [0.2, 0.25) is 0 Å². The summed E-state index contributed by atoms with van der Waals surface area (Å²) in [6, 6.07) is 7.56. The first kappa shape index (κ1) is 14.5. The van der Waals surface area contributed by atoms with Crippen molar-refractivity contribution in [3.63, 3.8) is 0 Å². The number of urea groups is 1. The molecule has 20 heavy (non-hydrogen) atoms. The molecule has 1 aliphatic rings. The van der Waals surface area contributed by atoms with Gasteiger partial charge in [0, 0.05) is 0 Å². The molecule has 1 heterocycles. The van der Waals surface area contributed by atoms with Crippen LogP contribution >= 0.6 is 0 Å². The van der Waals surface area contributed by atoms with Gasteiger partial charge in [0.25, 0.3) is 5.91 Å². The third kappa shape index (κ3) is 2.82. The van der Waals surface area contributed by atoms with Crippen molar-refractivity contribution in [2.24, 2.45) is 5.92 Å². The van der Waals surface area contributed by atoms with Gasteiger partial charge in [-0.3, -0.25) is 10.1 Å². The second-order valence-corrected chi connectivity index (χ2v) is 5.51. The highest BCUT2D eigenvalue weighted by atomic mass is 16.5. The van der Waals surface area contributed by atoms with Crippen molar-refractivity contribution >= 4 is 11.9 Å². The number of aryl methyl sites for hydroxylation is 1. The van der Waals surface area contributed by atoms with Crippen molar-refractivity contribution < 1.29 is 14.3 Å². The third-order valence-electron chi connectivity index (χ3n) is 3.67. The Morgan fingerprint density at radius 1 is 1.20 bits per heavy atom. The molecule has 0 aromatic heterocycles. The van der Waals surface area contributed by atoms with Gasteiger partial charge in [-0.05, 0) is 18.4 Å². The number of ether oxygens (including phenoxy) is 1. The second-order valence-electron chi connectivity index (χ2n) is 5.51. The predicted octanol–water partition coefficient (Wildman–Crippen LogP) is 1.75. The van der Waals surface area contributed by atoms with Crippen molar-refractivity contribution in [2.75, 3.05) is 6.61 Å². The van der Waals surface area contributed by atoms with E-state index in [0.717, 1.165) is 5.56 Å². The Morgan fingerprint density at radius 3 is 2.35 bits per heavy atom. The molecule has 0 aliphatic carbocycles. The van der Waals surface area contributed by atoms with Crippen LogP contribution < -0.4 is 10.6 Å². The zero-order valence-electron chi connectivity index (χ0n) is 12.0. The van der Waals surface area contributed by atoms with Crippen LogP contribution in [-0.4, -0.2) is 24.1 Å². The molecule has 2 rings (SSSR count). The summed E-state index contributed by atoms with van der Waals surface area (Å²) in [4.78, 5) is 23.3. The van der Waals surface area contributed by atoms with E-state index < -0.39 is 11.6 Å². The predicted molar refractivity (Wildman–Crippen MR) is 75.1 cm³/mol. The van der Waals surface area contributed by atoms with E-state index in [1.807, 2.05) is 45.0 Å². The van der Waals surface area contributed by atoms with E-state index in [1.165, 1.54) is 5.56 Å². The van der Waals surface area contributed by atoms with Gasteiger partial charge in [0.05, 0.1) is 13.2 Å². The van der Waals surface area contributed by atoms with E-state index in [4.69, 9.17) is 4.74 Å². The lowest BCUT2D eigenvalue weighted by Gasteiger charge is -2.29. The number of benzene rings is 1. The molecule has 1 unspecified atom stereocenters. The van der Waals surface area contributed by atoms with Gasteiger partial charge in [-0.15, -0.1) is 0 Å². The minimum atomic E-state index is -0.970. The van der Waals surface area contributed by atoms with Crippen molar-refractivity contribution in [1.82, 2.24) is 10.6 Å². The Balaban J connectivity index is 1.98. The van der Waals surface area contributed by atoms with Crippen LogP contribution in [-0.2, 0) is 16.1 Å². The maximum Gasteiger partial charge on any atom is 0.322 e. The van der Waals surface area contributed by atoms with Crippen molar-refractivity contribution in [3.8, 4) is 0 Å². The Labute approximate surface area is 118 Å². The molecule has 1 aliphatic heterocycles. The molecule has 1 aromatic rings. The Hall–Kier alpha value is -1.88. The molecule has 5 nitrogen and oxygen atoms in total. The van der Waals surface area contributed by atoms with E-state index in [0.29, 0.717) is 6.61 Å². The first-order valence-corrected chi connectivity index (χ1v) is 6.71. The number of hydrogen-bond donors (Lipinski definition) is 2. The maximum atomic E-state index is 12.0. The van der Waals surface area contributed by atoms with Gasteiger partial charge < -0.3 is 10.1 Å². The van der Waals surface area contributed by atoms with Crippen molar-refractivity contribution in [3.05, 3.63) is 35.4 Å². The molecule has 5 heteroatoms. The standard InChI is InChI=1S/C15H20N2O3/c1-10(2)15(13(18)16-14(19)17-15)9-20-8-12-6-4-11(3)5-7-12/h4-7,10H,8-9H2,1-3H3,(H2,16,17,18,19). The minimum absolute atomic E-state index is 0.0491. The minimum Gasteiger partial charge on any atom is -0.374 e. The average Bonchev–Trinajstić information content (AvgIpc) is 2.68. The molecule has 0 saturated carbocycles. The van der Waals surface area contributed by atoms with E-state index in [9.17, 15) is 9.59 Å². The largest absolute Gasteiger partial charge is 0.374 e. The lowest BCUT2D eigenvalue weighted by Crippen LogP contribution is -2.55. The molecule has 0 bridgehead atoms. The topological polar surface area (TPSA) is 67.4 Å². The van der Waals surface area contributed by atoms with E-state index in [1.54, 1.807) is 0 Å². The highest BCUT2D eigenvalue weighted by molar-refractivity contribution is 6.07. The van der Waals surface area contributed by atoms with Crippen molar-refractivity contribution in [1.29, 1.82) is 0 Å². The molecule has 108 valence electrons. The second kappa shape index (κ2) is 5.63. The molecular weight excluding hydrogens is 256 g/mol. The molecule has 0 spiro atoms. The number of nitrogens with one attached hydrogen (secondary N) is 2. The van der Waals surface area contributed by atoms with Crippen LogP contribution in [0, 0.1) is 12.8 Å². The first-order valence-electron chi connectivity index (χ1n) is 6.71. The lowest BCUT2D eigenvalue weighted by molar-refractivity contribution is -0.128. The summed E-state index contributed by atoms with van der Waals surface area (Å²) >= 11 is 0. The number of amides is 3. The van der Waals surface area contributed by atoms with E-state index in [-0.39, 0.29) is 18.4 Å². The molecule has 1 saturated heterocycles. The van der Waals surface area contributed by atoms with Crippen LogP contribution in [0.4, 0.5) is 4.79 Å². The number of hydrogen-bond acceptors (Lipinski definition) is 3. The zero-order chi connectivity index (χ0) is 14.8.